The summed E-state index contributed by atoms with van der Waals surface area (Å²) < 4.78 is 13.7. The number of aromatic nitrogens is 2. The first-order chi connectivity index (χ1) is 13.6. The van der Waals surface area contributed by atoms with Crippen LogP contribution in [0, 0.1) is 5.82 Å². The van der Waals surface area contributed by atoms with E-state index in [4.69, 9.17) is 0 Å². The van der Waals surface area contributed by atoms with Crippen LogP contribution in [0.1, 0.15) is 43.4 Å². The molecule has 0 fully saturated rings. The van der Waals surface area contributed by atoms with Crippen LogP contribution in [-0.2, 0) is 17.0 Å². The summed E-state index contributed by atoms with van der Waals surface area (Å²) in [6, 6.07) is 7.82. The molecule has 5 nitrogen and oxygen atoms in total. The van der Waals surface area contributed by atoms with Crippen LogP contribution in [0.25, 0.3) is 0 Å². The Labute approximate surface area is 167 Å². The van der Waals surface area contributed by atoms with E-state index in [2.05, 4.69) is 21.4 Å². The molecule has 28 heavy (non-hydrogen) atoms. The molecule has 0 radical (unpaired) electrons. The van der Waals surface area contributed by atoms with Gasteiger partial charge in [-0.15, -0.1) is 0 Å². The molecule has 1 heterocycles. The minimum Gasteiger partial charge on any atom is -0.355 e. The van der Waals surface area contributed by atoms with Crippen molar-refractivity contribution in [1.29, 1.82) is 0 Å². The lowest BCUT2D eigenvalue weighted by Gasteiger charge is -2.13. The maximum absolute atomic E-state index is 13.7. The summed E-state index contributed by atoms with van der Waals surface area (Å²) in [4.78, 5) is 31.0. The highest BCUT2D eigenvalue weighted by atomic mass is 32.2. The van der Waals surface area contributed by atoms with Gasteiger partial charge in [0, 0.05) is 18.4 Å². The molecule has 3 rings (SSSR count). The Hall–Kier alpha value is -2.41. The molecule has 1 aliphatic carbocycles. The molecule has 0 saturated heterocycles. The van der Waals surface area contributed by atoms with E-state index in [9.17, 15) is 14.0 Å². The van der Waals surface area contributed by atoms with Crippen LogP contribution in [-0.4, -0.2) is 22.4 Å². The normalized spacial score (nSPS) is 13.8. The third-order valence-electron chi connectivity index (χ3n) is 4.59. The molecule has 1 aromatic heterocycles. The highest BCUT2D eigenvalue weighted by Crippen LogP contribution is 2.21. The molecule has 148 valence electrons. The molecule has 0 saturated carbocycles. The number of aromatic amines is 1. The van der Waals surface area contributed by atoms with Gasteiger partial charge in [-0.1, -0.05) is 41.6 Å². The monoisotopic (exact) mass is 401 g/mol. The number of allylic oxidation sites excluding steroid dienone is 1. The van der Waals surface area contributed by atoms with Crippen molar-refractivity contribution in [2.75, 3.05) is 6.54 Å². The van der Waals surface area contributed by atoms with Crippen LogP contribution in [0.2, 0.25) is 0 Å². The average Bonchev–Trinajstić information content (AvgIpc) is 2.68. The predicted octanol–water partition coefficient (Wildman–Crippen LogP) is 3.75. The van der Waals surface area contributed by atoms with Gasteiger partial charge in [0.15, 0.2) is 5.16 Å². The van der Waals surface area contributed by atoms with Gasteiger partial charge in [0.05, 0.1) is 12.1 Å². The zero-order chi connectivity index (χ0) is 19.8. The number of carbonyl (C=O) groups excluding carboxylic acids is 1. The molecule has 0 unspecified atom stereocenters. The first-order valence-corrected chi connectivity index (χ1v) is 10.5. The van der Waals surface area contributed by atoms with Crippen molar-refractivity contribution in [3.63, 3.8) is 0 Å². The molecule has 2 N–H and O–H groups in total. The Morgan fingerprint density at radius 2 is 2.14 bits per heavy atom. The van der Waals surface area contributed by atoms with Gasteiger partial charge in [0.25, 0.3) is 5.56 Å². The van der Waals surface area contributed by atoms with Crippen LogP contribution in [0.3, 0.4) is 0 Å². The third-order valence-corrected chi connectivity index (χ3v) is 5.51. The highest BCUT2D eigenvalue weighted by molar-refractivity contribution is 7.98. The molecule has 0 spiro atoms. The van der Waals surface area contributed by atoms with Crippen molar-refractivity contribution in [1.82, 2.24) is 15.3 Å². The quantitative estimate of drug-likeness (QED) is 0.401. The van der Waals surface area contributed by atoms with Crippen molar-refractivity contribution in [2.24, 2.45) is 0 Å². The zero-order valence-corrected chi connectivity index (χ0v) is 16.5. The number of hydrogen-bond acceptors (Lipinski definition) is 4. The third kappa shape index (κ3) is 6.34. The average molecular weight is 402 g/mol. The van der Waals surface area contributed by atoms with E-state index in [0.717, 1.165) is 19.3 Å². The molecule has 0 bridgehead atoms. The van der Waals surface area contributed by atoms with E-state index >= 15 is 0 Å². The molecule has 1 aromatic carbocycles. The number of carbonyl (C=O) groups is 1. The fourth-order valence-corrected chi connectivity index (χ4v) is 4.01. The van der Waals surface area contributed by atoms with E-state index in [0.29, 0.717) is 28.7 Å². The Morgan fingerprint density at radius 1 is 1.29 bits per heavy atom. The van der Waals surface area contributed by atoms with E-state index in [-0.39, 0.29) is 23.7 Å². The Morgan fingerprint density at radius 3 is 2.93 bits per heavy atom. The number of benzene rings is 1. The second-order valence-corrected chi connectivity index (χ2v) is 7.77. The number of nitrogens with zero attached hydrogens (tertiary/aromatic N) is 1. The first kappa shape index (κ1) is 20.3. The second kappa shape index (κ2) is 10.2. The maximum atomic E-state index is 13.7. The lowest BCUT2D eigenvalue weighted by Crippen LogP contribution is -2.27. The molecule has 1 aliphatic rings. The van der Waals surface area contributed by atoms with Gasteiger partial charge < -0.3 is 10.3 Å². The van der Waals surface area contributed by atoms with Crippen LogP contribution >= 0.6 is 11.8 Å². The van der Waals surface area contributed by atoms with Crippen LogP contribution in [0.4, 0.5) is 4.39 Å². The topological polar surface area (TPSA) is 74.8 Å². The molecule has 7 heteroatoms. The van der Waals surface area contributed by atoms with E-state index < -0.39 is 0 Å². The van der Waals surface area contributed by atoms with Crippen molar-refractivity contribution in [3.8, 4) is 0 Å². The van der Waals surface area contributed by atoms with Crippen LogP contribution in [0.5, 0.6) is 0 Å². The lowest BCUT2D eigenvalue weighted by atomic mass is 9.97. The van der Waals surface area contributed by atoms with E-state index in [1.807, 2.05) is 0 Å². The highest BCUT2D eigenvalue weighted by Gasteiger charge is 2.10. The standard InChI is InChI=1S/C21H24FN3O2S/c22-18-9-5-4-8-16(18)14-28-21-24-17(13-20(27)25-21)12-19(26)23-11-10-15-6-2-1-3-7-15/h4-6,8-9,13H,1-3,7,10-12,14H2,(H,23,26)(H,24,25,27). The number of H-pyrrole nitrogens is 1. The maximum Gasteiger partial charge on any atom is 0.251 e. The first-order valence-electron chi connectivity index (χ1n) is 9.51. The predicted molar refractivity (Wildman–Crippen MR) is 109 cm³/mol. The number of halogens is 1. The Bertz CT molecular complexity index is 911. The number of thioether (sulfide) groups is 1. The van der Waals surface area contributed by atoms with Gasteiger partial charge in [0.2, 0.25) is 5.91 Å². The summed E-state index contributed by atoms with van der Waals surface area (Å²) in [6.07, 6.45) is 7.92. The van der Waals surface area contributed by atoms with Gasteiger partial charge in [0.1, 0.15) is 5.82 Å². The van der Waals surface area contributed by atoms with Gasteiger partial charge in [-0.2, -0.15) is 0 Å². The van der Waals surface area contributed by atoms with Crippen LogP contribution in [0.15, 0.2) is 51.9 Å². The summed E-state index contributed by atoms with van der Waals surface area (Å²) >= 11 is 1.23. The van der Waals surface area contributed by atoms with Gasteiger partial charge in [-0.3, -0.25) is 9.59 Å². The zero-order valence-electron chi connectivity index (χ0n) is 15.7. The minimum absolute atomic E-state index is 0.0518. The second-order valence-electron chi connectivity index (χ2n) is 6.81. The number of amides is 1. The number of nitrogens with one attached hydrogen (secondary N) is 2. The Kier molecular flexibility index (Phi) is 7.42. The van der Waals surface area contributed by atoms with E-state index in [1.165, 1.54) is 42.3 Å². The summed E-state index contributed by atoms with van der Waals surface area (Å²) in [5, 5.41) is 3.27. The van der Waals surface area contributed by atoms with E-state index in [1.54, 1.807) is 18.2 Å². The van der Waals surface area contributed by atoms with Crippen molar-refractivity contribution >= 4 is 17.7 Å². The minimum atomic E-state index is -0.318. The largest absolute Gasteiger partial charge is 0.355 e. The molecule has 0 aliphatic heterocycles. The Balaban J connectivity index is 1.52. The lowest BCUT2D eigenvalue weighted by molar-refractivity contribution is -0.120. The number of hydrogen-bond donors (Lipinski definition) is 2. The summed E-state index contributed by atoms with van der Waals surface area (Å²) in [7, 11) is 0. The molecular formula is C21H24FN3O2S. The summed E-state index contributed by atoms with van der Waals surface area (Å²) in [5.74, 6) is -0.0964. The summed E-state index contributed by atoms with van der Waals surface area (Å²) in [6.45, 7) is 0.600. The van der Waals surface area contributed by atoms with Crippen molar-refractivity contribution < 1.29 is 9.18 Å². The van der Waals surface area contributed by atoms with Crippen LogP contribution < -0.4 is 10.9 Å². The smallest absolute Gasteiger partial charge is 0.251 e. The molecule has 1 amide bonds. The van der Waals surface area contributed by atoms with Gasteiger partial charge in [-0.05, 0) is 43.7 Å². The molecule has 0 atom stereocenters. The SMILES string of the molecule is O=C(Cc1cc(=O)[nH]c(SCc2ccccc2F)n1)NCCC1=CCCCC1. The fraction of sp³-hybridized carbons (Fsp3) is 0.381. The fourth-order valence-electron chi connectivity index (χ4n) is 3.13. The van der Waals surface area contributed by atoms with Crippen molar-refractivity contribution in [2.45, 2.75) is 49.4 Å². The van der Waals surface area contributed by atoms with Crippen molar-refractivity contribution in [3.05, 3.63) is 69.4 Å². The summed E-state index contributed by atoms with van der Waals surface area (Å²) in [5.41, 5.74) is 2.04. The number of rotatable bonds is 8. The van der Waals surface area contributed by atoms with Gasteiger partial charge >= 0.3 is 0 Å². The van der Waals surface area contributed by atoms with Gasteiger partial charge in [-0.25, -0.2) is 9.37 Å². The molecule has 2 aromatic rings. The molecular weight excluding hydrogens is 377 g/mol.